The molecule has 0 aromatic rings. The van der Waals surface area contributed by atoms with Gasteiger partial charge >= 0.3 is 0 Å². The van der Waals surface area contributed by atoms with Gasteiger partial charge in [-0.15, -0.1) is 0 Å². The molecule has 0 aliphatic heterocycles. The maximum atomic E-state index is 2.39. The van der Waals surface area contributed by atoms with E-state index in [2.05, 4.69) is 12.2 Å². The quantitative estimate of drug-likeness (QED) is 0.525. The number of rotatable bonds is 1. The maximum absolute atomic E-state index is 2.39. The Morgan fingerprint density at radius 1 is 0.615 bits per heavy atom. The summed E-state index contributed by atoms with van der Waals surface area (Å²) in [7, 11) is 0. The van der Waals surface area contributed by atoms with Crippen LogP contribution in [-0.4, -0.2) is 0 Å². The first-order valence-electron chi connectivity index (χ1n) is 6.12. The summed E-state index contributed by atoms with van der Waals surface area (Å²) in [6.07, 6.45) is 18.0. The Bertz CT molecular complexity index is 153. The molecule has 0 bridgehead atoms. The smallest absolute Gasteiger partial charge is 0.0348 e. The van der Waals surface area contributed by atoms with Crippen molar-refractivity contribution in [3.63, 3.8) is 0 Å². The summed E-state index contributed by atoms with van der Waals surface area (Å²) < 4.78 is 0. The molecule has 2 aliphatic carbocycles. The van der Waals surface area contributed by atoms with Gasteiger partial charge < -0.3 is 0 Å². The molecule has 13 heavy (non-hydrogen) atoms. The molecule has 0 N–H and O–H groups in total. The summed E-state index contributed by atoms with van der Waals surface area (Å²) in [5, 5.41) is 0. The van der Waals surface area contributed by atoms with Crippen LogP contribution in [-0.2, 0) is 0 Å². The summed E-state index contributed by atoms with van der Waals surface area (Å²) in [5.74, 6) is 2.16. The van der Waals surface area contributed by atoms with Gasteiger partial charge in [0.25, 0.3) is 0 Å². The van der Waals surface area contributed by atoms with Crippen molar-refractivity contribution >= 4 is 0 Å². The van der Waals surface area contributed by atoms with Crippen LogP contribution in [0.3, 0.4) is 0 Å². The van der Waals surface area contributed by atoms with Gasteiger partial charge in [0.05, 0.1) is 0 Å². The topological polar surface area (TPSA) is 0 Å². The van der Waals surface area contributed by atoms with Gasteiger partial charge in [-0.2, -0.15) is 0 Å². The van der Waals surface area contributed by atoms with Crippen LogP contribution in [0.1, 0.15) is 57.8 Å². The van der Waals surface area contributed by atoms with Crippen LogP contribution in [0, 0.1) is 11.8 Å². The summed E-state index contributed by atoms with van der Waals surface area (Å²) in [4.78, 5) is 0. The van der Waals surface area contributed by atoms with Gasteiger partial charge in [-0.25, -0.2) is 0 Å². The summed E-state index contributed by atoms with van der Waals surface area (Å²) in [6.45, 7) is 0. The fourth-order valence-corrected chi connectivity index (χ4v) is 3.08. The Labute approximate surface area is 82.4 Å². The molecule has 0 amide bonds. The highest BCUT2D eigenvalue weighted by molar-refractivity contribution is 4.88. The third-order valence-corrected chi connectivity index (χ3v) is 3.89. The van der Waals surface area contributed by atoms with E-state index >= 15 is 0 Å². The number of allylic oxidation sites excluding steroid dienone is 2. The standard InChI is InChI=1S/C13H22/c1-2-5-9-12(8-4-1)13-10-6-3-7-11-13/h1-2,12-13H,3-11H2. The third kappa shape index (κ3) is 2.59. The Morgan fingerprint density at radius 3 is 1.77 bits per heavy atom. The van der Waals surface area contributed by atoms with Crippen LogP contribution in [0.5, 0.6) is 0 Å². The van der Waals surface area contributed by atoms with Gasteiger partial charge in [-0.3, -0.25) is 0 Å². The highest BCUT2D eigenvalue weighted by Gasteiger charge is 2.22. The molecule has 0 heterocycles. The molecule has 0 nitrogen and oxygen atoms in total. The lowest BCUT2D eigenvalue weighted by atomic mass is 9.77. The molecule has 0 heteroatoms. The van der Waals surface area contributed by atoms with E-state index in [0.29, 0.717) is 0 Å². The van der Waals surface area contributed by atoms with Gasteiger partial charge in [-0.1, -0.05) is 44.3 Å². The second kappa shape index (κ2) is 4.83. The van der Waals surface area contributed by atoms with Crippen molar-refractivity contribution in [1.82, 2.24) is 0 Å². The van der Waals surface area contributed by atoms with Gasteiger partial charge in [0.2, 0.25) is 0 Å². The van der Waals surface area contributed by atoms with Crippen LogP contribution in [0.2, 0.25) is 0 Å². The zero-order valence-corrected chi connectivity index (χ0v) is 8.67. The van der Waals surface area contributed by atoms with Gasteiger partial charge in [0.1, 0.15) is 0 Å². The Morgan fingerprint density at radius 2 is 1.15 bits per heavy atom. The van der Waals surface area contributed by atoms with Crippen molar-refractivity contribution in [2.45, 2.75) is 57.8 Å². The van der Waals surface area contributed by atoms with Crippen molar-refractivity contribution < 1.29 is 0 Å². The van der Waals surface area contributed by atoms with Crippen LogP contribution >= 0.6 is 0 Å². The molecule has 0 saturated heterocycles. The van der Waals surface area contributed by atoms with E-state index in [1.54, 1.807) is 0 Å². The highest BCUT2D eigenvalue weighted by atomic mass is 14.3. The summed E-state index contributed by atoms with van der Waals surface area (Å²) >= 11 is 0. The summed E-state index contributed by atoms with van der Waals surface area (Å²) in [5.41, 5.74) is 0. The fourth-order valence-electron chi connectivity index (χ4n) is 3.08. The molecular weight excluding hydrogens is 156 g/mol. The van der Waals surface area contributed by atoms with Crippen LogP contribution in [0.25, 0.3) is 0 Å². The zero-order chi connectivity index (χ0) is 8.93. The predicted octanol–water partition coefficient (Wildman–Crippen LogP) is 4.31. The minimum Gasteiger partial charge on any atom is -0.0885 e. The van der Waals surface area contributed by atoms with Crippen LogP contribution < -0.4 is 0 Å². The first-order valence-corrected chi connectivity index (χ1v) is 6.12. The number of hydrogen-bond donors (Lipinski definition) is 0. The van der Waals surface area contributed by atoms with E-state index in [0.717, 1.165) is 11.8 Å². The molecule has 0 atom stereocenters. The van der Waals surface area contributed by atoms with Crippen molar-refractivity contribution in [3.05, 3.63) is 12.2 Å². The predicted molar refractivity (Wildman–Crippen MR) is 57.7 cm³/mol. The summed E-state index contributed by atoms with van der Waals surface area (Å²) in [6, 6.07) is 0. The Kier molecular flexibility index (Phi) is 3.46. The first kappa shape index (κ1) is 9.30. The molecule has 1 fully saturated rings. The van der Waals surface area contributed by atoms with Crippen molar-refractivity contribution in [2.24, 2.45) is 11.8 Å². The van der Waals surface area contributed by atoms with Crippen molar-refractivity contribution in [2.75, 3.05) is 0 Å². The average Bonchev–Trinajstić information content (AvgIpc) is 2.47. The van der Waals surface area contributed by atoms with E-state index in [4.69, 9.17) is 0 Å². The normalized spacial score (nSPS) is 27.4. The molecule has 2 aliphatic rings. The van der Waals surface area contributed by atoms with Crippen molar-refractivity contribution in [1.29, 1.82) is 0 Å². The lowest BCUT2D eigenvalue weighted by Crippen LogP contribution is -2.17. The maximum Gasteiger partial charge on any atom is -0.0348 e. The molecular formula is C13H22. The lowest BCUT2D eigenvalue weighted by Gasteiger charge is -2.29. The van der Waals surface area contributed by atoms with Crippen molar-refractivity contribution in [3.8, 4) is 0 Å². The van der Waals surface area contributed by atoms with Crippen LogP contribution in [0.4, 0.5) is 0 Å². The SMILES string of the molecule is C1=CCCC(C2CCCCC2)CC1. The highest BCUT2D eigenvalue weighted by Crippen LogP contribution is 2.35. The first-order chi connectivity index (χ1) is 6.47. The zero-order valence-electron chi connectivity index (χ0n) is 8.67. The van der Waals surface area contributed by atoms with Gasteiger partial charge in [0.15, 0.2) is 0 Å². The van der Waals surface area contributed by atoms with E-state index in [1.165, 1.54) is 57.8 Å². The van der Waals surface area contributed by atoms with E-state index in [-0.39, 0.29) is 0 Å². The Balaban J connectivity index is 1.83. The minimum absolute atomic E-state index is 1.07. The van der Waals surface area contributed by atoms with Crippen LogP contribution in [0.15, 0.2) is 12.2 Å². The molecule has 1 saturated carbocycles. The van der Waals surface area contributed by atoms with E-state index in [1.807, 2.05) is 0 Å². The molecule has 74 valence electrons. The molecule has 0 unspecified atom stereocenters. The minimum atomic E-state index is 1.07. The lowest BCUT2D eigenvalue weighted by molar-refractivity contribution is 0.229. The second-order valence-corrected chi connectivity index (χ2v) is 4.78. The van der Waals surface area contributed by atoms with Gasteiger partial charge in [-0.05, 0) is 37.5 Å². The van der Waals surface area contributed by atoms with Gasteiger partial charge in [0, 0.05) is 0 Å². The van der Waals surface area contributed by atoms with E-state index in [9.17, 15) is 0 Å². The second-order valence-electron chi connectivity index (χ2n) is 4.78. The Hall–Kier alpha value is -0.260. The number of hydrogen-bond acceptors (Lipinski definition) is 0. The molecule has 0 spiro atoms. The molecule has 0 aromatic heterocycles. The fraction of sp³-hybridized carbons (Fsp3) is 0.846. The molecule has 0 radical (unpaired) electrons. The molecule has 0 aromatic carbocycles. The largest absolute Gasteiger partial charge is 0.0885 e. The van der Waals surface area contributed by atoms with E-state index < -0.39 is 0 Å². The third-order valence-electron chi connectivity index (χ3n) is 3.89. The monoisotopic (exact) mass is 178 g/mol. The average molecular weight is 178 g/mol. The molecule has 2 rings (SSSR count).